The van der Waals surface area contributed by atoms with Crippen molar-refractivity contribution in [3.8, 4) is 17.2 Å². The molecule has 1 heterocycles. The predicted octanol–water partition coefficient (Wildman–Crippen LogP) is 4.18. The molecule has 7 nitrogen and oxygen atoms in total. The zero-order valence-corrected chi connectivity index (χ0v) is 18.2. The first kappa shape index (κ1) is 22.6. The Balaban J connectivity index is 2.14. The maximum atomic E-state index is 12.8. The van der Waals surface area contributed by atoms with Gasteiger partial charge in [0, 0.05) is 0 Å². The summed E-state index contributed by atoms with van der Waals surface area (Å²) in [5.41, 5.74) is 9.09. The summed E-state index contributed by atoms with van der Waals surface area (Å²) >= 11 is 0. The Morgan fingerprint density at radius 3 is 2.28 bits per heavy atom. The van der Waals surface area contributed by atoms with E-state index in [0.717, 1.165) is 11.1 Å². The number of ether oxygens (including phenoxy) is 3. The van der Waals surface area contributed by atoms with Crippen molar-refractivity contribution in [2.24, 2.45) is 5.73 Å². The first-order valence-corrected chi connectivity index (χ1v) is 10.2. The fourth-order valence-electron chi connectivity index (χ4n) is 3.68. The van der Waals surface area contributed by atoms with Crippen molar-refractivity contribution < 1.29 is 23.8 Å². The van der Waals surface area contributed by atoms with Gasteiger partial charge >= 0.3 is 11.9 Å². The highest BCUT2D eigenvalue weighted by atomic mass is 16.5. The van der Waals surface area contributed by atoms with Gasteiger partial charge in [-0.1, -0.05) is 36.4 Å². The maximum Gasteiger partial charge on any atom is 0.338 e. The first-order valence-electron chi connectivity index (χ1n) is 10.2. The topological polar surface area (TPSA) is 112 Å². The van der Waals surface area contributed by atoms with Crippen molar-refractivity contribution in [2.75, 3.05) is 13.2 Å². The molecule has 0 bridgehead atoms. The molecule has 0 fully saturated rings. The van der Waals surface area contributed by atoms with Gasteiger partial charge in [0.25, 0.3) is 0 Å². The van der Waals surface area contributed by atoms with Crippen LogP contribution in [0.5, 0.6) is 0 Å². The lowest BCUT2D eigenvalue weighted by Crippen LogP contribution is -2.25. The molecule has 1 atom stereocenters. The minimum Gasteiger partial charge on any atom is -0.463 e. The Morgan fingerprint density at radius 1 is 1.03 bits per heavy atom. The number of esters is 2. The molecule has 0 saturated heterocycles. The largest absolute Gasteiger partial charge is 0.463 e. The van der Waals surface area contributed by atoms with Crippen LogP contribution in [0.1, 0.15) is 42.6 Å². The first-order chi connectivity index (χ1) is 15.4. The predicted molar refractivity (Wildman–Crippen MR) is 118 cm³/mol. The van der Waals surface area contributed by atoms with Gasteiger partial charge in [-0.25, -0.2) is 9.59 Å². The zero-order valence-electron chi connectivity index (χ0n) is 18.2. The molecule has 3 rings (SSSR count). The van der Waals surface area contributed by atoms with Crippen LogP contribution in [0.4, 0.5) is 0 Å². The van der Waals surface area contributed by atoms with Gasteiger partial charge in [0.05, 0.1) is 30.3 Å². The molecular formula is C25H24N2O5. The summed E-state index contributed by atoms with van der Waals surface area (Å²) in [6.45, 7) is 5.55. The van der Waals surface area contributed by atoms with Crippen LogP contribution in [0.25, 0.3) is 11.1 Å². The third kappa shape index (κ3) is 4.35. The number of rotatable bonds is 6. The number of nitrogens with two attached hydrogens (primary N) is 1. The Bertz CT molecular complexity index is 1140. The SMILES string of the molecule is CCOC(=O)C1=C(C)OC(N)=C(C#N)C1c1ccccc1-c1ccc(C(=O)OCC)cc1. The van der Waals surface area contributed by atoms with Crippen LogP contribution in [0.3, 0.4) is 0 Å². The molecule has 2 N–H and O–H groups in total. The van der Waals surface area contributed by atoms with Gasteiger partial charge < -0.3 is 19.9 Å². The van der Waals surface area contributed by atoms with E-state index in [2.05, 4.69) is 6.07 Å². The van der Waals surface area contributed by atoms with Crippen LogP contribution in [-0.4, -0.2) is 25.2 Å². The van der Waals surface area contributed by atoms with Crippen LogP contribution >= 0.6 is 0 Å². The second kappa shape index (κ2) is 9.84. The standard InChI is InChI=1S/C25H24N2O5/c1-4-30-24(28)17-12-10-16(11-13-17)18-8-6-7-9-19(18)22-20(14-26)23(27)32-15(3)21(22)25(29)31-5-2/h6-13,22H,4-5,27H2,1-3H3. The van der Waals surface area contributed by atoms with E-state index in [9.17, 15) is 14.9 Å². The fourth-order valence-corrected chi connectivity index (χ4v) is 3.68. The van der Waals surface area contributed by atoms with Gasteiger partial charge in [0.2, 0.25) is 5.88 Å². The van der Waals surface area contributed by atoms with Crippen molar-refractivity contribution in [1.82, 2.24) is 0 Å². The van der Waals surface area contributed by atoms with E-state index >= 15 is 0 Å². The second-order valence-corrected chi connectivity index (χ2v) is 7.00. The van der Waals surface area contributed by atoms with E-state index < -0.39 is 17.9 Å². The molecule has 164 valence electrons. The summed E-state index contributed by atoms with van der Waals surface area (Å²) in [6, 6.07) is 16.4. The third-order valence-electron chi connectivity index (χ3n) is 5.08. The van der Waals surface area contributed by atoms with Gasteiger partial charge in [0.15, 0.2) is 0 Å². The number of hydrogen-bond acceptors (Lipinski definition) is 7. The Hall–Kier alpha value is -4.05. The summed E-state index contributed by atoms with van der Waals surface area (Å²) in [5.74, 6) is -1.48. The van der Waals surface area contributed by atoms with E-state index in [-0.39, 0.29) is 29.4 Å². The molecule has 32 heavy (non-hydrogen) atoms. The molecule has 0 radical (unpaired) electrons. The van der Waals surface area contributed by atoms with Gasteiger partial charge in [-0.15, -0.1) is 0 Å². The van der Waals surface area contributed by atoms with Gasteiger partial charge in [-0.05, 0) is 49.6 Å². The minimum absolute atomic E-state index is 0.0458. The molecule has 0 spiro atoms. The van der Waals surface area contributed by atoms with Gasteiger partial charge in [0.1, 0.15) is 17.4 Å². The highest BCUT2D eigenvalue weighted by molar-refractivity contribution is 5.94. The van der Waals surface area contributed by atoms with Crippen LogP contribution in [-0.2, 0) is 19.0 Å². The van der Waals surface area contributed by atoms with E-state index in [1.54, 1.807) is 45.0 Å². The monoisotopic (exact) mass is 432 g/mol. The molecule has 2 aromatic carbocycles. The lowest BCUT2D eigenvalue weighted by atomic mass is 9.79. The molecule has 0 aromatic heterocycles. The molecule has 7 heteroatoms. The summed E-state index contributed by atoms with van der Waals surface area (Å²) in [6.07, 6.45) is 0. The summed E-state index contributed by atoms with van der Waals surface area (Å²) < 4.78 is 15.8. The lowest BCUT2D eigenvalue weighted by molar-refractivity contribution is -0.139. The Morgan fingerprint density at radius 2 is 1.66 bits per heavy atom. The highest BCUT2D eigenvalue weighted by Gasteiger charge is 2.37. The van der Waals surface area contributed by atoms with Crippen LogP contribution in [0.15, 0.2) is 71.3 Å². The lowest BCUT2D eigenvalue weighted by Gasteiger charge is -2.28. The summed E-state index contributed by atoms with van der Waals surface area (Å²) in [4.78, 5) is 24.8. The van der Waals surface area contributed by atoms with Gasteiger partial charge in [-0.2, -0.15) is 5.26 Å². The quantitative estimate of drug-likeness (QED) is 0.682. The van der Waals surface area contributed by atoms with E-state index in [4.69, 9.17) is 19.9 Å². The molecule has 1 unspecified atom stereocenters. The van der Waals surface area contributed by atoms with Crippen molar-refractivity contribution in [2.45, 2.75) is 26.7 Å². The average Bonchev–Trinajstić information content (AvgIpc) is 2.79. The number of allylic oxidation sites excluding steroid dienone is 2. The van der Waals surface area contributed by atoms with E-state index in [0.29, 0.717) is 17.7 Å². The molecule has 1 aliphatic heterocycles. The van der Waals surface area contributed by atoms with Gasteiger partial charge in [-0.3, -0.25) is 0 Å². The molecule has 0 aliphatic carbocycles. The number of benzene rings is 2. The number of carbonyl (C=O) groups excluding carboxylic acids is 2. The van der Waals surface area contributed by atoms with Crippen LogP contribution in [0.2, 0.25) is 0 Å². The van der Waals surface area contributed by atoms with Crippen molar-refractivity contribution in [3.63, 3.8) is 0 Å². The van der Waals surface area contributed by atoms with Crippen molar-refractivity contribution in [3.05, 3.63) is 82.4 Å². The third-order valence-corrected chi connectivity index (χ3v) is 5.08. The second-order valence-electron chi connectivity index (χ2n) is 7.00. The number of carbonyl (C=O) groups is 2. The summed E-state index contributed by atoms with van der Waals surface area (Å²) in [5, 5.41) is 9.82. The zero-order chi connectivity index (χ0) is 23.3. The molecule has 2 aromatic rings. The van der Waals surface area contributed by atoms with Crippen LogP contribution in [0, 0.1) is 11.3 Å². The maximum absolute atomic E-state index is 12.8. The van der Waals surface area contributed by atoms with Crippen molar-refractivity contribution in [1.29, 1.82) is 5.26 Å². The Labute approximate surface area is 186 Å². The molecular weight excluding hydrogens is 408 g/mol. The molecule has 0 saturated carbocycles. The Kier molecular flexibility index (Phi) is 6.96. The smallest absolute Gasteiger partial charge is 0.338 e. The highest BCUT2D eigenvalue weighted by Crippen LogP contribution is 2.43. The molecule has 0 amide bonds. The van der Waals surface area contributed by atoms with Crippen LogP contribution < -0.4 is 5.73 Å². The number of nitriles is 1. The normalized spacial score (nSPS) is 15.6. The average molecular weight is 432 g/mol. The van der Waals surface area contributed by atoms with E-state index in [1.807, 2.05) is 24.3 Å². The van der Waals surface area contributed by atoms with Crippen molar-refractivity contribution >= 4 is 11.9 Å². The number of nitrogens with zero attached hydrogens (tertiary/aromatic N) is 1. The molecule has 1 aliphatic rings. The van der Waals surface area contributed by atoms with E-state index in [1.165, 1.54) is 0 Å². The fraction of sp³-hybridized carbons (Fsp3) is 0.240. The minimum atomic E-state index is -0.756. The summed E-state index contributed by atoms with van der Waals surface area (Å²) in [7, 11) is 0. The number of hydrogen-bond donors (Lipinski definition) is 1.